The molecular formula is C37H8F15MnN4. The Hall–Kier alpha value is -6.14. The number of hydrogen-bond acceptors (Lipinski definition) is 1. The topological polar surface area (TPSA) is 55.2 Å². The van der Waals surface area contributed by atoms with E-state index in [-0.39, 0.29) is 28.1 Å². The quantitative estimate of drug-likeness (QED) is 0.0769. The number of benzene rings is 3. The zero-order chi connectivity index (χ0) is 40.2. The summed E-state index contributed by atoms with van der Waals surface area (Å²) in [6.07, 6.45) is 1.56. The zero-order valence-corrected chi connectivity index (χ0v) is 28.1. The molecule has 4 nitrogen and oxygen atoms in total. The van der Waals surface area contributed by atoms with Crippen LogP contribution < -0.4 is 15.0 Å². The molecule has 1 aliphatic rings. The van der Waals surface area contributed by atoms with E-state index in [1.807, 2.05) is 0 Å². The van der Waals surface area contributed by atoms with Gasteiger partial charge in [0.2, 0.25) is 17.5 Å². The predicted octanol–water partition coefficient (Wildman–Crippen LogP) is 10.7. The van der Waals surface area contributed by atoms with E-state index in [2.05, 4.69) is 19.9 Å². The minimum atomic E-state index is -2.62. The van der Waals surface area contributed by atoms with Crippen molar-refractivity contribution in [2.45, 2.75) is 0 Å². The van der Waals surface area contributed by atoms with Crippen LogP contribution in [0.3, 0.4) is 0 Å². The normalized spacial score (nSPS) is 11.9. The van der Waals surface area contributed by atoms with E-state index >= 15 is 26.3 Å². The molecule has 1 aliphatic heterocycles. The van der Waals surface area contributed by atoms with Gasteiger partial charge < -0.3 is 15.0 Å². The Morgan fingerprint density at radius 3 is 0.772 bits per heavy atom. The summed E-state index contributed by atoms with van der Waals surface area (Å²) in [7, 11) is 0. The Morgan fingerprint density at radius 2 is 0.474 bits per heavy atom. The molecule has 0 saturated carbocycles. The fourth-order valence-electron chi connectivity index (χ4n) is 6.20. The van der Waals surface area contributed by atoms with Gasteiger partial charge in [0.1, 0.15) is 0 Å². The summed E-state index contributed by atoms with van der Waals surface area (Å²) in [6, 6.07) is 5.64. The van der Waals surface area contributed by atoms with E-state index in [9.17, 15) is 39.5 Å². The summed E-state index contributed by atoms with van der Waals surface area (Å²) in [5, 5.41) is 0. The number of rotatable bonds is 3. The molecule has 0 aliphatic carbocycles. The van der Waals surface area contributed by atoms with Crippen LogP contribution >= 0.6 is 0 Å². The van der Waals surface area contributed by atoms with Crippen LogP contribution in [0.25, 0.3) is 78.6 Å². The summed E-state index contributed by atoms with van der Waals surface area (Å²) >= 11 is 0. The van der Waals surface area contributed by atoms with Gasteiger partial charge in [-0.1, -0.05) is 36.4 Å². The molecule has 8 bridgehead atoms. The zero-order valence-electron chi connectivity index (χ0n) is 27.0. The van der Waals surface area contributed by atoms with Crippen LogP contribution in [-0.2, 0) is 17.1 Å². The SMILES string of the molecule is Fc1c(F)c(F)c(-c2c3nc(c(-c4c(F)c(F)c(F)c(F)c4F)c4ccc([n-]4)c4ccc([n-]4)c(-c4c(F)c(F)c(F)c(F)c4F)c4ccc2[n-]4)C=C3)c(F)c1F.[Mn+3]. The molecule has 0 spiro atoms. The molecule has 4 aromatic heterocycles. The molecule has 288 valence electrons. The molecule has 20 heteroatoms. The van der Waals surface area contributed by atoms with Crippen molar-refractivity contribution in [2.75, 3.05) is 0 Å². The van der Waals surface area contributed by atoms with Gasteiger partial charge >= 0.3 is 17.1 Å². The van der Waals surface area contributed by atoms with E-state index in [1.54, 1.807) is 0 Å². The Balaban J connectivity index is 0.00000496. The Morgan fingerprint density at radius 1 is 0.263 bits per heavy atom. The van der Waals surface area contributed by atoms with Gasteiger partial charge in [-0.15, -0.1) is 22.1 Å². The average molecular weight is 848 g/mol. The van der Waals surface area contributed by atoms with Crippen molar-refractivity contribution >= 4 is 45.3 Å². The van der Waals surface area contributed by atoms with Gasteiger partial charge in [0, 0.05) is 0 Å². The van der Waals surface area contributed by atoms with E-state index in [0.717, 1.165) is 48.6 Å². The fraction of sp³-hybridized carbons (Fsp3) is 0. The Bertz CT molecular complexity index is 2970. The smallest absolute Gasteiger partial charge is 0.658 e. The van der Waals surface area contributed by atoms with Gasteiger partial charge in [-0.3, -0.25) is 0 Å². The van der Waals surface area contributed by atoms with Crippen LogP contribution in [0.15, 0.2) is 36.4 Å². The number of nitrogens with zero attached hydrogens (tertiary/aromatic N) is 4. The van der Waals surface area contributed by atoms with E-state index in [4.69, 9.17) is 0 Å². The molecule has 0 unspecified atom stereocenters. The van der Waals surface area contributed by atoms with Gasteiger partial charge in [0.05, 0.1) is 28.1 Å². The van der Waals surface area contributed by atoms with Crippen LogP contribution in [0, 0.1) is 87.3 Å². The molecule has 3 aromatic carbocycles. The van der Waals surface area contributed by atoms with Crippen molar-refractivity contribution in [3.05, 3.63) is 135 Å². The summed E-state index contributed by atoms with van der Waals surface area (Å²) < 4.78 is 223. The number of halogens is 15. The fourth-order valence-corrected chi connectivity index (χ4v) is 6.20. The van der Waals surface area contributed by atoms with E-state index in [0.29, 0.717) is 0 Å². The first-order chi connectivity index (χ1) is 26.5. The summed E-state index contributed by atoms with van der Waals surface area (Å²) in [5.41, 5.74) is -13.0. The number of fused-ring (bicyclic) bond motifs is 9. The minimum absolute atomic E-state index is 0. The molecule has 8 rings (SSSR count). The first-order valence-corrected chi connectivity index (χ1v) is 15.3. The molecule has 0 fully saturated rings. The van der Waals surface area contributed by atoms with Crippen LogP contribution in [0.2, 0.25) is 0 Å². The largest absolute Gasteiger partial charge is 3.00 e. The Kier molecular flexibility index (Phi) is 9.47. The third-order valence-corrected chi connectivity index (χ3v) is 8.74. The second kappa shape index (κ2) is 13.8. The summed E-state index contributed by atoms with van der Waals surface area (Å²) in [4.78, 5) is 16.3. The van der Waals surface area contributed by atoms with Crippen LogP contribution in [-0.4, -0.2) is 4.98 Å². The first-order valence-electron chi connectivity index (χ1n) is 15.3. The van der Waals surface area contributed by atoms with Crippen molar-refractivity contribution in [1.29, 1.82) is 0 Å². The molecule has 0 N–H and O–H groups in total. The summed E-state index contributed by atoms with van der Waals surface area (Å²) in [6.45, 7) is 0. The van der Waals surface area contributed by atoms with Gasteiger partial charge in [0.15, 0.2) is 69.8 Å². The molecule has 0 saturated heterocycles. The van der Waals surface area contributed by atoms with Gasteiger partial charge in [-0.2, -0.15) is 11.0 Å². The summed E-state index contributed by atoms with van der Waals surface area (Å²) in [5.74, 6) is -37.0. The van der Waals surface area contributed by atoms with Crippen LogP contribution in [0.4, 0.5) is 65.9 Å². The third-order valence-electron chi connectivity index (χ3n) is 8.74. The van der Waals surface area contributed by atoms with Gasteiger partial charge in [0.25, 0.3) is 0 Å². The first kappa shape index (κ1) is 39.1. The molecule has 57 heavy (non-hydrogen) atoms. The van der Waals surface area contributed by atoms with Crippen LogP contribution in [0.1, 0.15) is 11.4 Å². The number of hydrogen-bond donors (Lipinski definition) is 0. The molecule has 7 aromatic rings. The van der Waals surface area contributed by atoms with Crippen molar-refractivity contribution in [2.24, 2.45) is 0 Å². The molecular weight excluding hydrogens is 840 g/mol. The second-order valence-electron chi connectivity index (χ2n) is 11.8. The standard InChI is InChI=1S/C37H8F15N4.Mn/c38-23-20(24(39)30(45)35(50)29(23)44)17-11-3-1-9(53-11)10-2-4-12(54-10)18(21-25(40)31(46)36(51)32(47)26(21)41)14-6-8-16(56-14)19(15-7-5-13(17)55-15)22-27(42)33(48)37(52)34(49)28(22)43;/h1-8H;/q-3;+3. The van der Waals surface area contributed by atoms with Gasteiger partial charge in [-0.25, -0.2) is 70.8 Å². The predicted molar refractivity (Wildman–Crippen MR) is 168 cm³/mol. The maximum Gasteiger partial charge on any atom is 3.00 e. The van der Waals surface area contributed by atoms with Crippen molar-refractivity contribution < 1.29 is 82.9 Å². The second-order valence-corrected chi connectivity index (χ2v) is 11.8. The van der Waals surface area contributed by atoms with Crippen molar-refractivity contribution in [1.82, 2.24) is 19.9 Å². The molecule has 0 amide bonds. The minimum Gasteiger partial charge on any atom is -0.658 e. The van der Waals surface area contributed by atoms with Crippen molar-refractivity contribution in [3.63, 3.8) is 0 Å². The van der Waals surface area contributed by atoms with Gasteiger partial charge in [-0.05, 0) is 28.8 Å². The average Bonchev–Trinajstić information content (AvgIpc) is 4.03. The Labute approximate surface area is 316 Å². The molecule has 0 atom stereocenters. The molecule has 5 heterocycles. The third kappa shape index (κ3) is 5.68. The number of aromatic nitrogens is 4. The monoisotopic (exact) mass is 848 g/mol. The molecule has 0 radical (unpaired) electrons. The van der Waals surface area contributed by atoms with Crippen molar-refractivity contribution in [3.8, 4) is 33.4 Å². The van der Waals surface area contributed by atoms with E-state index in [1.165, 1.54) is 0 Å². The maximum absolute atomic E-state index is 15.5. The van der Waals surface area contributed by atoms with Crippen LogP contribution in [0.5, 0.6) is 0 Å². The maximum atomic E-state index is 15.5. The van der Waals surface area contributed by atoms with E-state index < -0.39 is 154 Å².